The zero-order chi connectivity index (χ0) is 72.5. The van der Waals surface area contributed by atoms with Crippen molar-refractivity contribution in [2.45, 2.75) is 451 Å². The molecule has 0 bridgehead atoms. The molecule has 0 aromatic carbocycles. The molecule has 0 saturated carbocycles. The van der Waals surface area contributed by atoms with Gasteiger partial charge in [-0.2, -0.15) is 0 Å². The Morgan fingerprint density at radius 2 is 0.404 bits per heavy atom. The SMILES string of the molecule is CCCCCCCCCCCCCCCCCCCCCCCC(=O)O[C@H](COC(=O)CCCCCCCCCCCCCCCC)COP(=O)(O)OC[C@@H](O)COP(=O)(O)OC[C@@H](COC(=O)CCCCCCCCCCCCCC)OC(=O)CCCCCCCCCCCCCC. The minimum absolute atomic E-state index is 0.108. The van der Waals surface area contributed by atoms with Crippen molar-refractivity contribution in [2.75, 3.05) is 39.6 Å². The highest BCUT2D eigenvalue weighted by atomic mass is 31.2. The van der Waals surface area contributed by atoms with Crippen LogP contribution in [0.5, 0.6) is 0 Å². The maximum absolute atomic E-state index is 13.1. The predicted molar refractivity (Wildman–Crippen MR) is 405 cm³/mol. The van der Waals surface area contributed by atoms with E-state index in [-0.39, 0.29) is 25.7 Å². The van der Waals surface area contributed by atoms with Crippen molar-refractivity contribution in [3.63, 3.8) is 0 Å². The second-order valence-corrected chi connectivity index (χ2v) is 31.7. The lowest BCUT2D eigenvalue weighted by molar-refractivity contribution is -0.161. The number of carbonyl (C=O) groups excluding carboxylic acids is 4. The smallest absolute Gasteiger partial charge is 0.462 e. The average Bonchev–Trinajstić information content (AvgIpc) is 1.06. The Morgan fingerprint density at radius 3 is 0.596 bits per heavy atom. The van der Waals surface area contributed by atoms with E-state index in [0.29, 0.717) is 25.7 Å². The summed E-state index contributed by atoms with van der Waals surface area (Å²) >= 11 is 0. The van der Waals surface area contributed by atoms with Gasteiger partial charge < -0.3 is 33.8 Å². The summed E-state index contributed by atoms with van der Waals surface area (Å²) in [5.41, 5.74) is 0. The fourth-order valence-electron chi connectivity index (χ4n) is 12.5. The summed E-state index contributed by atoms with van der Waals surface area (Å²) in [6.07, 6.45) is 66.5. The Bertz CT molecular complexity index is 1880. The number of phosphoric ester groups is 2. The molecular weight excluding hydrogens is 1290 g/mol. The summed E-state index contributed by atoms with van der Waals surface area (Å²) in [6, 6.07) is 0. The van der Waals surface area contributed by atoms with Crippen molar-refractivity contribution in [1.82, 2.24) is 0 Å². The highest BCUT2D eigenvalue weighted by Crippen LogP contribution is 2.45. The van der Waals surface area contributed by atoms with Crippen molar-refractivity contribution in [3.05, 3.63) is 0 Å². The number of rotatable bonds is 81. The standard InChI is InChI=1S/C80H156O17P2/c1-5-9-13-17-21-25-29-33-35-36-37-38-39-40-41-43-47-51-55-59-63-67-80(85)97-76(71-91-78(83)65-61-57-53-49-46-42-34-30-26-22-18-14-10-6-2)73-95-99(88,89)93-69-74(81)68-92-98(86,87)94-72-75(96-79(84)66-62-58-54-50-45-32-28-24-20-16-12-8-4)70-90-77(82)64-60-56-52-48-44-31-27-23-19-15-11-7-3/h74-76,81H,5-73H2,1-4H3,(H,86,87)(H,88,89)/t74-,75+,76+/m0/s1. The normalized spacial score (nSPS) is 13.8. The molecule has 0 fully saturated rings. The first-order valence-electron chi connectivity index (χ1n) is 41.8. The number of unbranched alkanes of at least 4 members (excludes halogenated alkanes) is 55. The first-order valence-corrected chi connectivity index (χ1v) is 44.8. The first kappa shape index (κ1) is 97.1. The molecule has 0 aromatic rings. The molecular formula is C80H156O17P2. The minimum Gasteiger partial charge on any atom is -0.462 e. The molecule has 3 N–H and O–H groups in total. The van der Waals surface area contributed by atoms with E-state index in [1.165, 1.54) is 263 Å². The third-order valence-electron chi connectivity index (χ3n) is 18.9. The van der Waals surface area contributed by atoms with Gasteiger partial charge in [-0.1, -0.05) is 381 Å². The number of phosphoric acid groups is 2. The maximum atomic E-state index is 13.1. The Morgan fingerprint density at radius 1 is 0.242 bits per heavy atom. The number of aliphatic hydroxyl groups excluding tert-OH is 1. The molecule has 0 amide bonds. The van der Waals surface area contributed by atoms with E-state index < -0.39 is 97.5 Å². The fraction of sp³-hybridized carbons (Fsp3) is 0.950. The molecule has 0 saturated heterocycles. The van der Waals surface area contributed by atoms with Crippen LogP contribution < -0.4 is 0 Å². The van der Waals surface area contributed by atoms with Crippen LogP contribution in [0.1, 0.15) is 432 Å². The summed E-state index contributed by atoms with van der Waals surface area (Å²) in [4.78, 5) is 73.0. The Hall–Kier alpha value is -1.94. The van der Waals surface area contributed by atoms with Gasteiger partial charge in [-0.15, -0.1) is 0 Å². The molecule has 0 spiro atoms. The maximum Gasteiger partial charge on any atom is 0.472 e. The lowest BCUT2D eigenvalue weighted by atomic mass is 10.0. The van der Waals surface area contributed by atoms with Crippen LogP contribution >= 0.6 is 15.6 Å². The van der Waals surface area contributed by atoms with Gasteiger partial charge in [-0.25, -0.2) is 9.13 Å². The quantitative estimate of drug-likeness (QED) is 0.0222. The van der Waals surface area contributed by atoms with Gasteiger partial charge in [-0.05, 0) is 25.7 Å². The van der Waals surface area contributed by atoms with E-state index in [0.717, 1.165) is 89.9 Å². The van der Waals surface area contributed by atoms with Gasteiger partial charge in [-0.3, -0.25) is 37.3 Å². The van der Waals surface area contributed by atoms with Gasteiger partial charge in [0.2, 0.25) is 0 Å². The number of aliphatic hydroxyl groups is 1. The predicted octanol–water partition coefficient (Wildman–Crippen LogP) is 24.2. The molecule has 5 atom stereocenters. The molecule has 0 aliphatic heterocycles. The van der Waals surface area contributed by atoms with Crippen LogP contribution in [-0.4, -0.2) is 96.7 Å². The second kappa shape index (κ2) is 74.3. The van der Waals surface area contributed by atoms with E-state index in [1.807, 2.05) is 0 Å². The van der Waals surface area contributed by atoms with Gasteiger partial charge in [0.1, 0.15) is 19.3 Å². The molecule has 0 radical (unpaired) electrons. The van der Waals surface area contributed by atoms with Crippen LogP contribution in [-0.2, 0) is 65.4 Å². The minimum atomic E-state index is -4.96. The molecule has 2 unspecified atom stereocenters. The van der Waals surface area contributed by atoms with Crippen LogP contribution in [0.3, 0.4) is 0 Å². The van der Waals surface area contributed by atoms with Crippen LogP contribution in [0.2, 0.25) is 0 Å². The van der Waals surface area contributed by atoms with Crippen LogP contribution in [0.4, 0.5) is 0 Å². The van der Waals surface area contributed by atoms with Crippen LogP contribution in [0.25, 0.3) is 0 Å². The first-order chi connectivity index (χ1) is 48.2. The van der Waals surface area contributed by atoms with Crippen molar-refractivity contribution in [2.24, 2.45) is 0 Å². The Labute approximate surface area is 607 Å². The summed E-state index contributed by atoms with van der Waals surface area (Å²) in [5, 5.41) is 10.6. The van der Waals surface area contributed by atoms with E-state index in [1.54, 1.807) is 0 Å². The van der Waals surface area contributed by atoms with E-state index in [2.05, 4.69) is 27.7 Å². The topological polar surface area (TPSA) is 237 Å². The molecule has 19 heteroatoms. The third-order valence-corrected chi connectivity index (χ3v) is 20.8. The molecule has 0 heterocycles. The van der Waals surface area contributed by atoms with Gasteiger partial charge >= 0.3 is 39.5 Å². The summed E-state index contributed by atoms with van der Waals surface area (Å²) in [6.45, 7) is 5.02. The van der Waals surface area contributed by atoms with Crippen molar-refractivity contribution in [1.29, 1.82) is 0 Å². The monoisotopic (exact) mass is 1450 g/mol. The molecule has 17 nitrogen and oxygen atoms in total. The second-order valence-electron chi connectivity index (χ2n) is 28.8. The zero-order valence-electron chi connectivity index (χ0n) is 64.5. The van der Waals surface area contributed by atoms with Crippen LogP contribution in [0.15, 0.2) is 0 Å². The van der Waals surface area contributed by atoms with Gasteiger partial charge in [0, 0.05) is 25.7 Å². The lowest BCUT2D eigenvalue weighted by Crippen LogP contribution is -2.30. The van der Waals surface area contributed by atoms with Crippen molar-refractivity contribution in [3.8, 4) is 0 Å². The average molecular weight is 1450 g/mol. The van der Waals surface area contributed by atoms with Gasteiger partial charge in [0.25, 0.3) is 0 Å². The highest BCUT2D eigenvalue weighted by molar-refractivity contribution is 7.47. The van der Waals surface area contributed by atoms with Crippen molar-refractivity contribution >= 4 is 39.5 Å². The summed E-state index contributed by atoms with van der Waals surface area (Å²) in [7, 11) is -9.91. The number of esters is 4. The van der Waals surface area contributed by atoms with Crippen molar-refractivity contribution < 1.29 is 80.2 Å². The van der Waals surface area contributed by atoms with E-state index >= 15 is 0 Å². The van der Waals surface area contributed by atoms with Crippen LogP contribution in [0, 0.1) is 0 Å². The Kier molecular flexibility index (Phi) is 72.9. The Balaban J connectivity index is 5.21. The lowest BCUT2D eigenvalue weighted by Gasteiger charge is -2.21. The van der Waals surface area contributed by atoms with E-state index in [9.17, 15) is 43.2 Å². The molecule has 588 valence electrons. The zero-order valence-corrected chi connectivity index (χ0v) is 66.3. The summed E-state index contributed by atoms with van der Waals surface area (Å²) < 4.78 is 68.7. The van der Waals surface area contributed by atoms with Gasteiger partial charge in [0.05, 0.1) is 26.4 Å². The largest absolute Gasteiger partial charge is 0.472 e. The number of hydrogen-bond acceptors (Lipinski definition) is 15. The molecule has 99 heavy (non-hydrogen) atoms. The highest BCUT2D eigenvalue weighted by Gasteiger charge is 2.30. The summed E-state index contributed by atoms with van der Waals surface area (Å²) in [5.74, 6) is -2.10. The fourth-order valence-corrected chi connectivity index (χ4v) is 14.0. The molecule has 0 aliphatic rings. The number of ether oxygens (including phenoxy) is 4. The molecule has 0 aliphatic carbocycles. The van der Waals surface area contributed by atoms with Gasteiger partial charge in [0.15, 0.2) is 12.2 Å². The molecule has 0 rings (SSSR count). The van der Waals surface area contributed by atoms with E-state index in [4.69, 9.17) is 37.0 Å². The molecule has 0 aromatic heterocycles. The third kappa shape index (κ3) is 74.1. The number of carbonyl (C=O) groups is 4. The number of hydrogen-bond donors (Lipinski definition) is 3.